The zero-order chi connectivity index (χ0) is 26.2. The van der Waals surface area contributed by atoms with Crippen LogP contribution >= 0.6 is 23.1 Å². The molecule has 0 unspecified atom stereocenters. The quantitative estimate of drug-likeness (QED) is 0.285. The third-order valence-corrected chi connectivity index (χ3v) is 9.25. The first-order valence-electron chi connectivity index (χ1n) is 12.7. The number of hydrogen-bond acceptors (Lipinski definition) is 5. The molecule has 5 aromatic rings. The van der Waals surface area contributed by atoms with E-state index >= 15 is 0 Å². The number of oxazole rings is 1. The van der Waals surface area contributed by atoms with Crippen LogP contribution in [0.3, 0.4) is 0 Å². The lowest BCUT2D eigenvalue weighted by atomic mass is 10.1. The highest BCUT2D eigenvalue weighted by Gasteiger charge is 2.29. The molecule has 1 aliphatic rings. The highest BCUT2D eigenvalue weighted by molar-refractivity contribution is 8.08. The predicted octanol–water partition coefficient (Wildman–Crippen LogP) is 5.30. The summed E-state index contributed by atoms with van der Waals surface area (Å²) < 4.78 is 12.3. The van der Waals surface area contributed by atoms with Gasteiger partial charge in [0.1, 0.15) is 20.8 Å². The average Bonchev–Trinajstić information content (AvgIpc) is 3.60. The van der Waals surface area contributed by atoms with Crippen LogP contribution in [0.15, 0.2) is 99.0 Å². The van der Waals surface area contributed by atoms with Crippen molar-refractivity contribution in [3.05, 3.63) is 110 Å². The van der Waals surface area contributed by atoms with Gasteiger partial charge in [-0.25, -0.2) is 0 Å². The maximum absolute atomic E-state index is 13.6. The Morgan fingerprint density at radius 1 is 0.895 bits per heavy atom. The molecule has 0 radical (unpaired) electrons. The first-order chi connectivity index (χ1) is 18.6. The lowest BCUT2D eigenvalue weighted by Gasteiger charge is -2.11. The standard InChI is InChI=1S/C31H28N3O2S2/c1-4-33-25(36-28(22-16-10-7-11-17-22)27(33)21-14-8-6-9-15-21)20-26-34(5-2)30(35)29(38-26)31-32(3)23-18-12-13-19-24(23)37-31/h6-20H,4-5H2,1-3H3/q+1. The summed E-state index contributed by atoms with van der Waals surface area (Å²) in [7, 11) is 2.03. The van der Waals surface area contributed by atoms with Crippen LogP contribution in [0.25, 0.3) is 33.7 Å². The van der Waals surface area contributed by atoms with E-state index < -0.39 is 0 Å². The highest BCUT2D eigenvalue weighted by Crippen LogP contribution is 2.45. The Hall–Kier alpha value is -3.81. The summed E-state index contributed by atoms with van der Waals surface area (Å²) in [6.45, 7) is 5.45. The number of thiazole rings is 1. The van der Waals surface area contributed by atoms with Gasteiger partial charge in [0.05, 0.1) is 17.3 Å². The Balaban J connectivity index is 1.59. The summed E-state index contributed by atoms with van der Waals surface area (Å²) in [4.78, 5) is 16.9. The molecule has 0 fully saturated rings. The lowest BCUT2D eigenvalue weighted by Crippen LogP contribution is -2.37. The summed E-state index contributed by atoms with van der Waals surface area (Å²) in [6.07, 6.45) is 2.02. The van der Waals surface area contributed by atoms with E-state index in [4.69, 9.17) is 4.42 Å². The number of aromatic nitrogens is 2. The molecule has 0 N–H and O–H groups in total. The number of anilines is 1. The van der Waals surface area contributed by atoms with Crippen molar-refractivity contribution < 1.29 is 8.98 Å². The molecule has 0 spiro atoms. The second kappa shape index (κ2) is 10.2. The van der Waals surface area contributed by atoms with Crippen LogP contribution in [0.2, 0.25) is 0 Å². The number of thioether (sulfide) groups is 1. The zero-order valence-corrected chi connectivity index (χ0v) is 23.2. The van der Waals surface area contributed by atoms with Gasteiger partial charge in [-0.2, -0.15) is 4.57 Å². The van der Waals surface area contributed by atoms with E-state index in [-0.39, 0.29) is 5.56 Å². The number of nitrogens with zero attached hydrogens (tertiary/aromatic N) is 3. The molecule has 7 heteroatoms. The maximum atomic E-state index is 13.6. The van der Waals surface area contributed by atoms with Gasteiger partial charge in [0.2, 0.25) is 5.76 Å². The van der Waals surface area contributed by atoms with Crippen molar-refractivity contribution in [1.29, 1.82) is 0 Å². The van der Waals surface area contributed by atoms with Gasteiger partial charge in [0.15, 0.2) is 0 Å². The van der Waals surface area contributed by atoms with Crippen LogP contribution in [0.1, 0.15) is 19.7 Å². The Morgan fingerprint density at radius 3 is 2.21 bits per heavy atom. The third-order valence-electron chi connectivity index (χ3n) is 6.76. The van der Waals surface area contributed by atoms with Crippen LogP contribution in [-0.4, -0.2) is 11.6 Å². The Kier molecular flexibility index (Phi) is 6.55. The largest absolute Gasteiger partial charge is 0.397 e. The summed E-state index contributed by atoms with van der Waals surface area (Å²) in [5, 5.41) is 0.973. The van der Waals surface area contributed by atoms with E-state index in [0.717, 1.165) is 54.9 Å². The number of rotatable bonds is 5. The average molecular weight is 539 g/mol. The van der Waals surface area contributed by atoms with Gasteiger partial charge in [0.25, 0.3) is 11.3 Å². The Bertz CT molecular complexity index is 1800. The molecule has 0 saturated heterocycles. The maximum Gasteiger partial charge on any atom is 0.377 e. The monoisotopic (exact) mass is 538 g/mol. The number of hydrogen-bond donors (Lipinski definition) is 0. The molecule has 0 saturated carbocycles. The Morgan fingerprint density at radius 2 is 1.55 bits per heavy atom. The van der Waals surface area contributed by atoms with Gasteiger partial charge in [-0.05, 0) is 38.1 Å². The van der Waals surface area contributed by atoms with Gasteiger partial charge in [-0.1, -0.05) is 72.4 Å². The summed E-state index contributed by atoms with van der Waals surface area (Å²) in [5.41, 5.74) is 4.30. The molecule has 0 aliphatic carbocycles. The molecule has 0 amide bonds. The van der Waals surface area contributed by atoms with Crippen molar-refractivity contribution >= 4 is 39.9 Å². The first-order valence-corrected chi connectivity index (χ1v) is 14.4. The minimum atomic E-state index is 0.0343. The SMILES string of the molecule is CCn1c(=Cc2oc(-c3ccccc3)c(-c3ccccc3)[n+]2CC)sc(=C2Sc3ccccc3N2C)c1=O. The lowest BCUT2D eigenvalue weighted by molar-refractivity contribution is -0.687. The fourth-order valence-electron chi connectivity index (χ4n) is 4.91. The van der Waals surface area contributed by atoms with Crippen molar-refractivity contribution in [1.82, 2.24) is 4.57 Å². The topological polar surface area (TPSA) is 42.3 Å². The summed E-state index contributed by atoms with van der Waals surface area (Å²) >= 11 is 3.18. The van der Waals surface area contributed by atoms with E-state index in [0.29, 0.717) is 6.54 Å². The third kappa shape index (κ3) is 4.12. The molecule has 5 nitrogen and oxygen atoms in total. The molecule has 38 heavy (non-hydrogen) atoms. The second-order valence-corrected chi connectivity index (χ2v) is 11.1. The van der Waals surface area contributed by atoms with Gasteiger partial charge in [0, 0.05) is 24.1 Å². The molecule has 6 rings (SSSR count). The minimum absolute atomic E-state index is 0.0343. The van der Waals surface area contributed by atoms with Crippen molar-refractivity contribution in [2.45, 2.75) is 31.8 Å². The molecule has 1 aliphatic heterocycles. The van der Waals surface area contributed by atoms with Gasteiger partial charge < -0.3 is 9.32 Å². The molecular formula is C31H28N3O2S2+. The van der Waals surface area contributed by atoms with Crippen LogP contribution < -0.4 is 24.2 Å². The fraction of sp³-hybridized carbons (Fsp3) is 0.161. The number of fused-ring (bicyclic) bond motifs is 1. The molecule has 3 heterocycles. The molecule has 190 valence electrons. The van der Waals surface area contributed by atoms with E-state index in [1.54, 1.807) is 11.8 Å². The predicted molar refractivity (Wildman–Crippen MR) is 157 cm³/mol. The fourth-order valence-corrected chi connectivity index (χ4v) is 7.35. The second-order valence-electron chi connectivity index (χ2n) is 8.99. The van der Waals surface area contributed by atoms with E-state index in [9.17, 15) is 4.79 Å². The first kappa shape index (κ1) is 24.5. The van der Waals surface area contributed by atoms with E-state index in [1.807, 2.05) is 73.1 Å². The highest BCUT2D eigenvalue weighted by atomic mass is 32.2. The molecular weight excluding hydrogens is 510 g/mol. The minimum Gasteiger partial charge on any atom is -0.397 e. The summed E-state index contributed by atoms with van der Waals surface area (Å²) in [5.74, 6) is 1.55. The van der Waals surface area contributed by atoms with Crippen molar-refractivity contribution in [2.24, 2.45) is 0 Å². The van der Waals surface area contributed by atoms with Crippen LogP contribution in [0.4, 0.5) is 5.69 Å². The van der Waals surface area contributed by atoms with E-state index in [1.165, 1.54) is 16.2 Å². The molecule has 2 aromatic heterocycles. The summed E-state index contributed by atoms with van der Waals surface area (Å²) in [6, 6.07) is 28.8. The van der Waals surface area contributed by atoms with Crippen molar-refractivity contribution in [2.75, 3.05) is 11.9 Å². The smallest absolute Gasteiger partial charge is 0.377 e. The number of para-hydroxylation sites is 1. The van der Waals surface area contributed by atoms with Gasteiger partial charge >= 0.3 is 5.89 Å². The number of benzene rings is 3. The normalized spacial score (nSPS) is 14.8. The van der Waals surface area contributed by atoms with Crippen LogP contribution in [0, 0.1) is 0 Å². The van der Waals surface area contributed by atoms with Crippen LogP contribution in [-0.2, 0) is 13.1 Å². The van der Waals surface area contributed by atoms with Gasteiger partial charge in [-0.3, -0.25) is 9.36 Å². The van der Waals surface area contributed by atoms with Gasteiger partial charge in [-0.15, -0.1) is 11.3 Å². The molecule has 3 aromatic carbocycles. The van der Waals surface area contributed by atoms with Crippen LogP contribution in [0.5, 0.6) is 0 Å². The molecule has 0 atom stereocenters. The van der Waals surface area contributed by atoms with Crippen molar-refractivity contribution in [3.63, 3.8) is 0 Å². The van der Waals surface area contributed by atoms with Crippen molar-refractivity contribution in [3.8, 4) is 22.6 Å². The molecule has 0 bridgehead atoms. The van der Waals surface area contributed by atoms with E-state index in [2.05, 4.69) is 52.8 Å². The zero-order valence-electron chi connectivity index (χ0n) is 21.5. The Labute approximate surface area is 229 Å².